The summed E-state index contributed by atoms with van der Waals surface area (Å²) in [6.07, 6.45) is 1.51. The number of aromatic nitrogens is 2. The van der Waals surface area contributed by atoms with Crippen molar-refractivity contribution in [1.82, 2.24) is 19.9 Å². The topological polar surface area (TPSA) is 135 Å². The third-order valence-corrected chi connectivity index (χ3v) is 6.19. The first kappa shape index (κ1) is 22.6. The lowest BCUT2D eigenvalue weighted by Gasteiger charge is -2.26. The molecule has 0 bridgehead atoms. The Labute approximate surface area is 189 Å². The highest BCUT2D eigenvalue weighted by Crippen LogP contribution is 2.39. The molecule has 11 nitrogen and oxygen atoms in total. The fourth-order valence-electron chi connectivity index (χ4n) is 4.71. The number of aryl methyl sites for hydroxylation is 1. The number of benzene rings is 1. The summed E-state index contributed by atoms with van der Waals surface area (Å²) in [6, 6.07) is 8.43. The molecule has 1 N–H and O–H groups in total. The van der Waals surface area contributed by atoms with Crippen LogP contribution in [0.15, 0.2) is 39.6 Å². The number of imide groups is 1. The number of fused-ring (bicyclic) bond motifs is 1. The largest absolute Gasteiger partial charge is 0.452 e. The van der Waals surface area contributed by atoms with Gasteiger partial charge in [0.1, 0.15) is 6.61 Å². The van der Waals surface area contributed by atoms with E-state index in [0.717, 1.165) is 10.5 Å². The lowest BCUT2D eigenvalue weighted by molar-refractivity contribution is -0.130. The Hall–Kier alpha value is -3.63. The molecule has 33 heavy (non-hydrogen) atoms. The van der Waals surface area contributed by atoms with Gasteiger partial charge < -0.3 is 14.4 Å². The number of carbonyl (C=O) groups excluding carboxylic acids is 3. The number of rotatable bonds is 7. The summed E-state index contributed by atoms with van der Waals surface area (Å²) in [5.41, 5.74) is 0.864. The van der Waals surface area contributed by atoms with Crippen LogP contribution in [-0.2, 0) is 27.3 Å². The van der Waals surface area contributed by atoms with E-state index in [9.17, 15) is 19.2 Å². The summed E-state index contributed by atoms with van der Waals surface area (Å²) < 4.78 is 14.8. The molecule has 0 aliphatic carbocycles. The molecule has 0 radical (unpaired) electrons. The summed E-state index contributed by atoms with van der Waals surface area (Å²) >= 11 is 0. The molecule has 0 saturated carbocycles. The van der Waals surface area contributed by atoms with Gasteiger partial charge in [0, 0.05) is 13.0 Å². The van der Waals surface area contributed by atoms with Crippen LogP contribution < -0.4 is 5.76 Å². The second-order valence-corrected chi connectivity index (χ2v) is 8.15. The molecule has 2 fully saturated rings. The maximum atomic E-state index is 13.1. The Kier molecular flexibility index (Phi) is 6.76. The first-order chi connectivity index (χ1) is 16.0. The molecular formula is C22H26N4O7. The molecule has 3 heterocycles. The zero-order valence-corrected chi connectivity index (χ0v) is 18.3. The number of ether oxygens (including phenoxy) is 2. The fraction of sp³-hybridized carbons (Fsp3) is 0.500. The van der Waals surface area contributed by atoms with Gasteiger partial charge in [-0.1, -0.05) is 41.9 Å². The lowest BCUT2D eigenvalue weighted by atomic mass is 9.93. The minimum Gasteiger partial charge on any atom is -0.452 e. The van der Waals surface area contributed by atoms with Crippen molar-refractivity contribution in [3.05, 3.63) is 52.3 Å². The predicted octanol–water partition coefficient (Wildman–Crippen LogP) is 2.08. The van der Waals surface area contributed by atoms with Gasteiger partial charge in [-0.25, -0.2) is 19.3 Å². The molecule has 1 aromatic heterocycles. The van der Waals surface area contributed by atoms with E-state index in [1.54, 1.807) is 4.90 Å². The van der Waals surface area contributed by atoms with Crippen LogP contribution in [0.1, 0.15) is 37.1 Å². The van der Waals surface area contributed by atoms with Crippen LogP contribution in [0.25, 0.3) is 0 Å². The second kappa shape index (κ2) is 9.88. The zero-order valence-electron chi connectivity index (χ0n) is 18.3. The Bertz CT molecular complexity index is 1050. The van der Waals surface area contributed by atoms with Crippen molar-refractivity contribution >= 4 is 18.1 Å². The molecule has 0 unspecified atom stereocenters. The summed E-state index contributed by atoms with van der Waals surface area (Å²) in [7, 11) is 1.23. The number of carbonyl (C=O) groups is 3. The number of methoxy groups -OCH3 is 1. The van der Waals surface area contributed by atoms with E-state index in [1.807, 2.05) is 30.3 Å². The molecule has 2 aliphatic rings. The zero-order chi connectivity index (χ0) is 23.4. The molecule has 1 aromatic carbocycles. The van der Waals surface area contributed by atoms with Crippen molar-refractivity contribution in [1.29, 1.82) is 0 Å². The van der Waals surface area contributed by atoms with Crippen molar-refractivity contribution in [2.75, 3.05) is 13.7 Å². The number of nitrogens with zero attached hydrogens (tertiary/aromatic N) is 3. The van der Waals surface area contributed by atoms with Crippen LogP contribution in [0.5, 0.6) is 0 Å². The molecule has 3 amide bonds. The first-order valence-electron chi connectivity index (χ1n) is 10.9. The number of H-pyrrole nitrogens is 1. The van der Waals surface area contributed by atoms with E-state index >= 15 is 0 Å². The van der Waals surface area contributed by atoms with Crippen LogP contribution in [0.2, 0.25) is 0 Å². The predicted molar refractivity (Wildman–Crippen MR) is 113 cm³/mol. The van der Waals surface area contributed by atoms with Gasteiger partial charge >= 0.3 is 17.9 Å². The average molecular weight is 458 g/mol. The number of hydrogen-bond donors (Lipinski definition) is 1. The van der Waals surface area contributed by atoms with Gasteiger partial charge in [0.25, 0.3) is 0 Å². The monoisotopic (exact) mass is 458 g/mol. The molecule has 4 rings (SSSR count). The van der Waals surface area contributed by atoms with Gasteiger partial charge in [-0.2, -0.15) is 0 Å². The Morgan fingerprint density at radius 2 is 1.97 bits per heavy atom. The highest BCUT2D eigenvalue weighted by atomic mass is 16.6. The summed E-state index contributed by atoms with van der Waals surface area (Å²) in [5, 5.41) is 3.63. The van der Waals surface area contributed by atoms with Gasteiger partial charge in [-0.05, 0) is 24.8 Å². The van der Waals surface area contributed by atoms with Crippen LogP contribution >= 0.6 is 0 Å². The Morgan fingerprint density at radius 3 is 2.67 bits per heavy atom. The molecule has 176 valence electrons. The van der Waals surface area contributed by atoms with Gasteiger partial charge in [0.2, 0.25) is 5.91 Å². The van der Waals surface area contributed by atoms with Crippen LogP contribution in [0, 0.1) is 5.92 Å². The number of likely N-dealkylation sites (tertiary alicyclic amines) is 2. The molecule has 3 atom stereocenters. The van der Waals surface area contributed by atoms with Crippen molar-refractivity contribution in [3.63, 3.8) is 0 Å². The number of nitrogens with one attached hydrogen (secondary N) is 1. The minimum absolute atomic E-state index is 0.128. The Balaban J connectivity index is 1.42. The van der Waals surface area contributed by atoms with Crippen molar-refractivity contribution in [2.45, 2.75) is 50.8 Å². The molecular weight excluding hydrogens is 432 g/mol. The van der Waals surface area contributed by atoms with Crippen molar-refractivity contribution in [3.8, 4) is 0 Å². The van der Waals surface area contributed by atoms with E-state index in [2.05, 4.69) is 14.7 Å². The number of aromatic amines is 1. The third-order valence-electron chi connectivity index (χ3n) is 6.19. The molecule has 2 saturated heterocycles. The van der Waals surface area contributed by atoms with E-state index in [0.29, 0.717) is 44.5 Å². The number of amides is 3. The summed E-state index contributed by atoms with van der Waals surface area (Å²) in [4.78, 5) is 54.5. The molecule has 11 heteroatoms. The number of hydrogen-bond acceptors (Lipinski definition) is 8. The average Bonchev–Trinajstić information content (AvgIpc) is 3.50. The molecule has 2 aromatic rings. The van der Waals surface area contributed by atoms with Gasteiger partial charge in [-0.3, -0.25) is 14.3 Å². The standard InChI is InChI=1S/C22H26N4O7/c1-31-22(30)26-16-11-12-25(21(29)32-13-14-7-3-2-4-8-14)18(16)15(19(26)27)9-5-6-10-17-23-20(28)33-24-17/h2-4,7-8,15-16,18H,5-6,9-13H2,1H3,(H,23,24,28)/t15-,16+,18-/m1/s1. The number of unbranched alkanes of at least 4 members (excludes halogenated alkanes) is 1. The quantitative estimate of drug-likeness (QED) is 0.623. The maximum absolute atomic E-state index is 13.1. The van der Waals surface area contributed by atoms with Crippen molar-refractivity contribution < 1.29 is 28.4 Å². The van der Waals surface area contributed by atoms with Crippen LogP contribution in [0.3, 0.4) is 0 Å². The van der Waals surface area contributed by atoms with E-state index in [-0.39, 0.29) is 12.5 Å². The van der Waals surface area contributed by atoms with Crippen LogP contribution in [-0.4, -0.2) is 63.8 Å². The third kappa shape index (κ3) is 4.76. The SMILES string of the molecule is COC(=O)N1C(=O)[C@H](CCCCc2noc(=O)[nH]2)[C@@H]2[C@@H]1CCN2C(=O)OCc1ccccc1. The van der Waals surface area contributed by atoms with E-state index in [4.69, 9.17) is 9.47 Å². The van der Waals surface area contributed by atoms with Gasteiger partial charge in [0.05, 0.1) is 25.1 Å². The smallest absolute Gasteiger partial charge is 0.438 e. The highest BCUT2D eigenvalue weighted by Gasteiger charge is 2.57. The lowest BCUT2D eigenvalue weighted by Crippen LogP contribution is -2.43. The second-order valence-electron chi connectivity index (χ2n) is 8.15. The first-order valence-corrected chi connectivity index (χ1v) is 10.9. The van der Waals surface area contributed by atoms with Gasteiger partial charge in [0.15, 0.2) is 5.82 Å². The van der Waals surface area contributed by atoms with Crippen molar-refractivity contribution in [2.24, 2.45) is 5.92 Å². The molecule has 0 spiro atoms. The molecule has 2 aliphatic heterocycles. The van der Waals surface area contributed by atoms with E-state index in [1.165, 1.54) is 7.11 Å². The Morgan fingerprint density at radius 1 is 1.18 bits per heavy atom. The van der Waals surface area contributed by atoms with E-state index < -0.39 is 35.9 Å². The van der Waals surface area contributed by atoms with Gasteiger partial charge in [-0.15, -0.1) is 0 Å². The summed E-state index contributed by atoms with van der Waals surface area (Å²) in [5.74, 6) is -1.05. The maximum Gasteiger partial charge on any atom is 0.438 e. The minimum atomic E-state index is -0.711. The summed E-state index contributed by atoms with van der Waals surface area (Å²) in [6.45, 7) is 0.517. The normalized spacial score (nSPS) is 21.8. The fourth-order valence-corrected chi connectivity index (χ4v) is 4.71. The highest BCUT2D eigenvalue weighted by molar-refractivity contribution is 5.97. The van der Waals surface area contributed by atoms with Crippen LogP contribution in [0.4, 0.5) is 9.59 Å².